The van der Waals surface area contributed by atoms with Gasteiger partial charge in [0.15, 0.2) is 0 Å². The maximum Gasteiger partial charge on any atom is 0.137 e. The zero-order valence-electron chi connectivity index (χ0n) is 7.46. The maximum absolute atomic E-state index is 8.85. The molecule has 1 aromatic heterocycles. The second kappa shape index (κ2) is 3.71. The van der Waals surface area contributed by atoms with Gasteiger partial charge in [-0.15, -0.1) is 0 Å². The number of rotatable bonds is 2. The van der Waals surface area contributed by atoms with Gasteiger partial charge in [-0.05, 0) is 11.6 Å². The summed E-state index contributed by atoms with van der Waals surface area (Å²) >= 11 is 0. The van der Waals surface area contributed by atoms with E-state index in [1.54, 1.807) is 17.1 Å². The van der Waals surface area contributed by atoms with E-state index in [9.17, 15) is 0 Å². The number of hydrogen-bond acceptors (Lipinski definition) is 3. The predicted molar refractivity (Wildman–Crippen MR) is 50.3 cm³/mol. The summed E-state index contributed by atoms with van der Waals surface area (Å²) in [6, 6.07) is 9.62. The summed E-state index contributed by atoms with van der Waals surface area (Å²) in [5, 5.41) is 12.8. The molecule has 0 fully saturated rings. The van der Waals surface area contributed by atoms with Gasteiger partial charge in [0.05, 0.1) is 18.2 Å². The Kier molecular flexibility index (Phi) is 2.24. The van der Waals surface area contributed by atoms with Crippen molar-refractivity contribution in [3.8, 4) is 6.07 Å². The topological polar surface area (TPSA) is 54.5 Å². The van der Waals surface area contributed by atoms with E-state index in [1.807, 2.05) is 18.2 Å². The van der Waals surface area contributed by atoms with Crippen molar-refractivity contribution >= 4 is 0 Å². The lowest BCUT2D eigenvalue weighted by molar-refractivity contribution is 0.684. The first-order valence-corrected chi connectivity index (χ1v) is 4.20. The van der Waals surface area contributed by atoms with Gasteiger partial charge in [0, 0.05) is 0 Å². The molecular weight excluding hydrogens is 176 g/mol. The fourth-order valence-corrected chi connectivity index (χ4v) is 1.26. The van der Waals surface area contributed by atoms with Crippen LogP contribution in [0.2, 0.25) is 0 Å². The summed E-state index contributed by atoms with van der Waals surface area (Å²) in [7, 11) is 0. The first-order valence-electron chi connectivity index (χ1n) is 4.20. The molecular formula is C10H8N4. The minimum absolute atomic E-state index is 0.587. The van der Waals surface area contributed by atoms with Gasteiger partial charge in [0.2, 0.25) is 0 Å². The fourth-order valence-electron chi connectivity index (χ4n) is 1.26. The number of nitrogens with zero attached hydrogens (tertiary/aromatic N) is 4. The van der Waals surface area contributed by atoms with Gasteiger partial charge in [-0.25, -0.2) is 9.67 Å². The highest BCUT2D eigenvalue weighted by Gasteiger charge is 2.01. The molecule has 0 bridgehead atoms. The molecule has 0 radical (unpaired) electrons. The van der Waals surface area contributed by atoms with Crippen LogP contribution in [0.4, 0.5) is 0 Å². The van der Waals surface area contributed by atoms with Gasteiger partial charge in [-0.3, -0.25) is 0 Å². The van der Waals surface area contributed by atoms with Gasteiger partial charge in [-0.2, -0.15) is 10.4 Å². The van der Waals surface area contributed by atoms with Crippen molar-refractivity contribution in [2.24, 2.45) is 0 Å². The third-order valence-corrected chi connectivity index (χ3v) is 1.94. The molecule has 2 rings (SSSR count). The predicted octanol–water partition coefficient (Wildman–Crippen LogP) is 1.20. The van der Waals surface area contributed by atoms with Crippen LogP contribution in [0.15, 0.2) is 36.9 Å². The fraction of sp³-hybridized carbons (Fsp3) is 0.100. The molecule has 0 saturated heterocycles. The van der Waals surface area contributed by atoms with Crippen molar-refractivity contribution in [3.63, 3.8) is 0 Å². The van der Waals surface area contributed by atoms with E-state index in [-0.39, 0.29) is 0 Å². The lowest BCUT2D eigenvalue weighted by Crippen LogP contribution is -2.01. The van der Waals surface area contributed by atoms with E-state index in [0.717, 1.165) is 5.56 Å². The second-order valence-corrected chi connectivity index (χ2v) is 2.86. The lowest BCUT2D eigenvalue weighted by atomic mass is 10.1. The third-order valence-electron chi connectivity index (χ3n) is 1.94. The quantitative estimate of drug-likeness (QED) is 0.704. The van der Waals surface area contributed by atoms with Gasteiger partial charge >= 0.3 is 0 Å². The highest BCUT2D eigenvalue weighted by Crippen LogP contribution is 2.08. The first kappa shape index (κ1) is 8.45. The summed E-state index contributed by atoms with van der Waals surface area (Å²) < 4.78 is 1.69. The molecule has 68 valence electrons. The number of aromatic nitrogens is 3. The average molecular weight is 184 g/mol. The Hall–Kier alpha value is -2.15. The number of hydrogen-bond donors (Lipinski definition) is 0. The van der Waals surface area contributed by atoms with Crippen molar-refractivity contribution < 1.29 is 0 Å². The van der Waals surface area contributed by atoms with Crippen LogP contribution in [0.5, 0.6) is 0 Å². The molecule has 2 aromatic rings. The summed E-state index contributed by atoms with van der Waals surface area (Å²) in [4.78, 5) is 3.84. The molecule has 1 aromatic carbocycles. The largest absolute Gasteiger partial charge is 0.249 e. The van der Waals surface area contributed by atoms with Crippen molar-refractivity contribution in [3.05, 3.63) is 48.0 Å². The van der Waals surface area contributed by atoms with Crippen LogP contribution in [-0.4, -0.2) is 14.8 Å². The van der Waals surface area contributed by atoms with Crippen LogP contribution < -0.4 is 0 Å². The van der Waals surface area contributed by atoms with E-state index in [2.05, 4.69) is 16.2 Å². The summed E-state index contributed by atoms with van der Waals surface area (Å²) in [5.41, 5.74) is 1.64. The summed E-state index contributed by atoms with van der Waals surface area (Å²) in [6.07, 6.45) is 3.11. The van der Waals surface area contributed by atoms with Crippen LogP contribution in [0, 0.1) is 11.3 Å². The second-order valence-electron chi connectivity index (χ2n) is 2.86. The molecule has 0 aliphatic rings. The van der Waals surface area contributed by atoms with Crippen molar-refractivity contribution in [1.82, 2.24) is 14.8 Å². The van der Waals surface area contributed by atoms with Gasteiger partial charge in [0.1, 0.15) is 12.7 Å². The molecule has 0 amide bonds. The Balaban J connectivity index is 2.30. The molecule has 0 spiro atoms. The van der Waals surface area contributed by atoms with Crippen LogP contribution in [0.1, 0.15) is 11.1 Å². The van der Waals surface area contributed by atoms with E-state index in [1.165, 1.54) is 6.33 Å². The Morgan fingerprint density at radius 1 is 1.36 bits per heavy atom. The molecule has 4 nitrogen and oxygen atoms in total. The zero-order valence-corrected chi connectivity index (χ0v) is 7.46. The Labute approximate surface area is 81.4 Å². The van der Waals surface area contributed by atoms with Gasteiger partial charge in [-0.1, -0.05) is 18.2 Å². The number of benzene rings is 1. The minimum Gasteiger partial charge on any atom is -0.249 e. The van der Waals surface area contributed by atoms with Crippen LogP contribution in [0.25, 0.3) is 0 Å². The highest BCUT2D eigenvalue weighted by atomic mass is 15.3. The van der Waals surface area contributed by atoms with E-state index >= 15 is 0 Å². The van der Waals surface area contributed by atoms with Crippen LogP contribution in [-0.2, 0) is 6.54 Å². The Morgan fingerprint density at radius 2 is 2.21 bits per heavy atom. The third kappa shape index (κ3) is 1.62. The van der Waals surface area contributed by atoms with Crippen LogP contribution in [0.3, 0.4) is 0 Å². The number of nitriles is 1. The zero-order chi connectivity index (χ0) is 9.80. The standard InChI is InChI=1S/C10H8N4/c11-5-9-3-1-2-4-10(9)6-14-8-12-7-13-14/h1-4,7-8H,6H2. The SMILES string of the molecule is N#Cc1ccccc1Cn1cncn1. The van der Waals surface area contributed by atoms with Gasteiger partial charge < -0.3 is 0 Å². The lowest BCUT2D eigenvalue weighted by Gasteiger charge is -2.02. The molecule has 0 aliphatic carbocycles. The van der Waals surface area contributed by atoms with E-state index in [0.29, 0.717) is 12.1 Å². The molecule has 0 saturated carbocycles. The molecule has 0 aliphatic heterocycles. The molecule has 0 unspecified atom stereocenters. The van der Waals surface area contributed by atoms with Crippen molar-refractivity contribution in [1.29, 1.82) is 5.26 Å². The Bertz CT molecular complexity index is 453. The van der Waals surface area contributed by atoms with E-state index < -0.39 is 0 Å². The smallest absolute Gasteiger partial charge is 0.137 e. The van der Waals surface area contributed by atoms with Gasteiger partial charge in [0.25, 0.3) is 0 Å². The van der Waals surface area contributed by atoms with Crippen molar-refractivity contribution in [2.45, 2.75) is 6.54 Å². The first-order chi connectivity index (χ1) is 6.90. The molecule has 1 heterocycles. The molecule has 0 atom stereocenters. The van der Waals surface area contributed by atoms with Crippen molar-refractivity contribution in [2.75, 3.05) is 0 Å². The molecule has 0 N–H and O–H groups in total. The van der Waals surface area contributed by atoms with E-state index in [4.69, 9.17) is 5.26 Å². The Morgan fingerprint density at radius 3 is 2.93 bits per heavy atom. The highest BCUT2D eigenvalue weighted by molar-refractivity contribution is 5.37. The maximum atomic E-state index is 8.85. The average Bonchev–Trinajstić information content (AvgIpc) is 2.71. The minimum atomic E-state index is 0.587. The summed E-state index contributed by atoms with van der Waals surface area (Å²) in [6.45, 7) is 0.587. The monoisotopic (exact) mass is 184 g/mol. The van der Waals surface area contributed by atoms with Crippen LogP contribution >= 0.6 is 0 Å². The normalized spacial score (nSPS) is 9.64. The summed E-state index contributed by atoms with van der Waals surface area (Å²) in [5.74, 6) is 0. The molecule has 14 heavy (non-hydrogen) atoms. The molecule has 4 heteroatoms.